The molecule has 0 bridgehead atoms. The highest BCUT2D eigenvalue weighted by Crippen LogP contribution is 2.28. The lowest BCUT2D eigenvalue weighted by Crippen LogP contribution is -2.38. The van der Waals surface area contributed by atoms with Gasteiger partial charge < -0.3 is 15.2 Å². The first-order valence-corrected chi connectivity index (χ1v) is 9.67. The van der Waals surface area contributed by atoms with Gasteiger partial charge in [-0.15, -0.1) is 0 Å². The summed E-state index contributed by atoms with van der Waals surface area (Å²) < 4.78 is 0. The zero-order valence-corrected chi connectivity index (χ0v) is 15.9. The molecule has 28 heavy (non-hydrogen) atoms. The van der Waals surface area contributed by atoms with E-state index >= 15 is 0 Å². The van der Waals surface area contributed by atoms with Gasteiger partial charge >= 0.3 is 0 Å². The molecule has 0 spiro atoms. The Morgan fingerprint density at radius 1 is 1.11 bits per heavy atom. The fourth-order valence-corrected chi connectivity index (χ4v) is 3.70. The van der Waals surface area contributed by atoms with E-state index in [1.807, 2.05) is 53.4 Å². The molecule has 2 N–H and O–H groups in total. The van der Waals surface area contributed by atoms with E-state index in [-0.39, 0.29) is 11.8 Å². The van der Waals surface area contributed by atoms with Crippen LogP contribution >= 0.6 is 0 Å². The monoisotopic (exact) mass is 376 g/mol. The zero-order valence-electron chi connectivity index (χ0n) is 15.9. The molecule has 2 aromatic carbocycles. The molecule has 6 heteroatoms. The van der Waals surface area contributed by atoms with Crippen LogP contribution in [-0.2, 0) is 11.3 Å². The van der Waals surface area contributed by atoms with Gasteiger partial charge in [-0.1, -0.05) is 24.3 Å². The lowest BCUT2D eigenvalue weighted by Gasteiger charge is -2.31. The summed E-state index contributed by atoms with van der Waals surface area (Å²) in [6, 6.07) is 15.5. The Kier molecular flexibility index (Phi) is 5.10. The quantitative estimate of drug-likeness (QED) is 0.734. The number of likely N-dealkylation sites (tertiary alicyclic amines) is 1. The molecule has 144 valence electrons. The number of H-pyrrole nitrogens is 1. The highest BCUT2D eigenvalue weighted by atomic mass is 16.2. The van der Waals surface area contributed by atoms with E-state index in [9.17, 15) is 9.59 Å². The summed E-state index contributed by atoms with van der Waals surface area (Å²) in [7, 11) is 0. The molecule has 2 amide bonds. The van der Waals surface area contributed by atoms with Crippen LogP contribution in [-0.4, -0.2) is 39.8 Å². The molecule has 4 rings (SSSR count). The van der Waals surface area contributed by atoms with Gasteiger partial charge in [-0.2, -0.15) is 0 Å². The second kappa shape index (κ2) is 7.84. The number of benzene rings is 2. The van der Waals surface area contributed by atoms with Crippen molar-refractivity contribution in [2.75, 3.05) is 13.1 Å². The molecule has 2 heterocycles. The third kappa shape index (κ3) is 3.91. The number of carbonyl (C=O) groups excluding carboxylic acids is 2. The molecule has 1 aromatic heterocycles. The predicted octanol–water partition coefficient (Wildman–Crippen LogP) is 3.22. The van der Waals surface area contributed by atoms with E-state index in [2.05, 4.69) is 10.3 Å². The number of aromatic nitrogens is 2. The summed E-state index contributed by atoms with van der Waals surface area (Å²) in [4.78, 5) is 33.9. The third-order valence-electron chi connectivity index (χ3n) is 5.32. The number of nitrogens with one attached hydrogen (secondary N) is 2. The van der Waals surface area contributed by atoms with E-state index in [1.165, 1.54) is 6.92 Å². The fraction of sp³-hybridized carbons (Fsp3) is 0.318. The molecule has 1 saturated heterocycles. The summed E-state index contributed by atoms with van der Waals surface area (Å²) in [5, 5.41) is 2.76. The van der Waals surface area contributed by atoms with Gasteiger partial charge in [0.2, 0.25) is 5.91 Å². The van der Waals surface area contributed by atoms with Crippen molar-refractivity contribution >= 4 is 22.8 Å². The first kappa shape index (κ1) is 18.2. The van der Waals surface area contributed by atoms with Crippen molar-refractivity contribution in [3.8, 4) is 0 Å². The largest absolute Gasteiger partial charge is 0.352 e. The lowest BCUT2D eigenvalue weighted by atomic mass is 9.95. The molecule has 0 saturated carbocycles. The molecule has 1 fully saturated rings. The van der Waals surface area contributed by atoms with Gasteiger partial charge in [-0.25, -0.2) is 4.98 Å². The number of carbonyl (C=O) groups is 2. The average Bonchev–Trinajstić information content (AvgIpc) is 3.16. The van der Waals surface area contributed by atoms with Crippen molar-refractivity contribution in [3.05, 3.63) is 65.5 Å². The van der Waals surface area contributed by atoms with Gasteiger partial charge in [0.1, 0.15) is 5.82 Å². The number of nitrogens with zero attached hydrogens (tertiary/aromatic N) is 2. The second-order valence-corrected chi connectivity index (χ2v) is 7.31. The van der Waals surface area contributed by atoms with Gasteiger partial charge in [0.15, 0.2) is 0 Å². The van der Waals surface area contributed by atoms with Crippen molar-refractivity contribution < 1.29 is 9.59 Å². The number of amides is 2. The molecule has 3 aromatic rings. The van der Waals surface area contributed by atoms with Crippen LogP contribution in [0.2, 0.25) is 0 Å². The fourth-order valence-electron chi connectivity index (χ4n) is 3.70. The van der Waals surface area contributed by atoms with Gasteiger partial charge in [0, 0.05) is 38.0 Å². The molecule has 0 radical (unpaired) electrons. The number of piperidine rings is 1. The van der Waals surface area contributed by atoms with E-state index in [0.717, 1.165) is 48.4 Å². The Balaban J connectivity index is 1.36. The van der Waals surface area contributed by atoms with Crippen LogP contribution in [0.1, 0.15) is 47.4 Å². The summed E-state index contributed by atoms with van der Waals surface area (Å²) in [6.07, 6.45) is 1.82. The van der Waals surface area contributed by atoms with Gasteiger partial charge in [0.05, 0.1) is 11.0 Å². The average molecular weight is 376 g/mol. The van der Waals surface area contributed by atoms with E-state index in [1.54, 1.807) is 0 Å². The molecular formula is C22H24N4O2. The van der Waals surface area contributed by atoms with Gasteiger partial charge in [0.25, 0.3) is 5.91 Å². The first-order valence-electron chi connectivity index (χ1n) is 9.67. The molecule has 0 aliphatic carbocycles. The molecule has 1 aliphatic heterocycles. The van der Waals surface area contributed by atoms with Gasteiger partial charge in [-0.05, 0) is 42.7 Å². The Labute approximate surface area is 164 Å². The van der Waals surface area contributed by atoms with E-state index in [4.69, 9.17) is 4.98 Å². The predicted molar refractivity (Wildman–Crippen MR) is 108 cm³/mol. The summed E-state index contributed by atoms with van der Waals surface area (Å²) in [5.74, 6) is 1.38. The Morgan fingerprint density at radius 2 is 1.82 bits per heavy atom. The first-order chi connectivity index (χ1) is 13.6. The molecule has 0 unspecified atom stereocenters. The van der Waals surface area contributed by atoms with Crippen LogP contribution in [0.4, 0.5) is 0 Å². The maximum atomic E-state index is 12.8. The van der Waals surface area contributed by atoms with E-state index < -0.39 is 0 Å². The Hall–Kier alpha value is -3.15. The molecule has 0 atom stereocenters. The number of hydrogen-bond donors (Lipinski definition) is 2. The van der Waals surface area contributed by atoms with Crippen LogP contribution in [0.3, 0.4) is 0 Å². The highest BCUT2D eigenvalue weighted by Gasteiger charge is 2.26. The lowest BCUT2D eigenvalue weighted by molar-refractivity contribution is -0.119. The minimum absolute atomic E-state index is 0.0625. The van der Waals surface area contributed by atoms with Crippen LogP contribution < -0.4 is 5.32 Å². The van der Waals surface area contributed by atoms with Crippen LogP contribution in [0, 0.1) is 0 Å². The number of para-hydroxylation sites is 2. The minimum atomic E-state index is -0.0625. The number of hydrogen-bond acceptors (Lipinski definition) is 3. The van der Waals surface area contributed by atoms with Crippen molar-refractivity contribution in [3.63, 3.8) is 0 Å². The zero-order chi connectivity index (χ0) is 19.5. The third-order valence-corrected chi connectivity index (χ3v) is 5.32. The van der Waals surface area contributed by atoms with E-state index in [0.29, 0.717) is 18.0 Å². The Morgan fingerprint density at radius 3 is 2.50 bits per heavy atom. The minimum Gasteiger partial charge on any atom is -0.352 e. The number of fused-ring (bicyclic) bond motifs is 1. The highest BCUT2D eigenvalue weighted by molar-refractivity contribution is 5.94. The molecule has 1 aliphatic rings. The van der Waals surface area contributed by atoms with Crippen molar-refractivity contribution in [2.45, 2.75) is 32.2 Å². The standard InChI is InChI=1S/C22H24N4O2/c1-15(27)23-14-16-6-8-18(9-7-16)22(28)26-12-10-17(11-13-26)21-24-19-4-2-3-5-20(19)25-21/h2-9,17H,10-14H2,1H3,(H,23,27)(H,24,25). The second-order valence-electron chi connectivity index (χ2n) is 7.31. The van der Waals surface area contributed by atoms with Crippen LogP contribution in [0.15, 0.2) is 48.5 Å². The summed E-state index contributed by atoms with van der Waals surface area (Å²) in [5.41, 5.74) is 3.73. The van der Waals surface area contributed by atoms with Crippen molar-refractivity contribution in [1.82, 2.24) is 20.2 Å². The van der Waals surface area contributed by atoms with Crippen LogP contribution in [0.25, 0.3) is 11.0 Å². The maximum Gasteiger partial charge on any atom is 0.253 e. The SMILES string of the molecule is CC(=O)NCc1ccc(C(=O)N2CCC(c3nc4ccccc4[nH]3)CC2)cc1. The number of imidazole rings is 1. The topological polar surface area (TPSA) is 78.1 Å². The molecule has 6 nitrogen and oxygen atoms in total. The van der Waals surface area contributed by atoms with Crippen molar-refractivity contribution in [1.29, 1.82) is 0 Å². The normalized spacial score (nSPS) is 15.0. The molecular weight excluding hydrogens is 352 g/mol. The van der Waals surface area contributed by atoms with Crippen molar-refractivity contribution in [2.24, 2.45) is 0 Å². The summed E-state index contributed by atoms with van der Waals surface area (Å²) >= 11 is 0. The maximum absolute atomic E-state index is 12.8. The van der Waals surface area contributed by atoms with Gasteiger partial charge in [-0.3, -0.25) is 9.59 Å². The number of aromatic amines is 1. The number of rotatable bonds is 4. The smallest absolute Gasteiger partial charge is 0.253 e. The summed E-state index contributed by atoms with van der Waals surface area (Å²) in [6.45, 7) is 3.43. The Bertz CT molecular complexity index is 952. The van der Waals surface area contributed by atoms with Crippen LogP contribution in [0.5, 0.6) is 0 Å².